The highest BCUT2D eigenvalue weighted by atomic mass is 35.5. The lowest BCUT2D eigenvalue weighted by molar-refractivity contribution is 0.187. The van der Waals surface area contributed by atoms with E-state index in [2.05, 4.69) is 10.6 Å². The van der Waals surface area contributed by atoms with Crippen LogP contribution >= 0.6 is 11.6 Å². The number of urea groups is 1. The van der Waals surface area contributed by atoms with Crippen LogP contribution in [0.15, 0.2) is 18.2 Å². The highest BCUT2D eigenvalue weighted by Crippen LogP contribution is 2.26. The molecule has 0 fully saturated rings. The number of aliphatic hydroxyl groups is 1. The largest absolute Gasteiger partial charge is 0.497 e. The summed E-state index contributed by atoms with van der Waals surface area (Å²) >= 11 is 5.95. The molecule has 0 bridgehead atoms. The molecule has 0 radical (unpaired) electrons. The van der Waals surface area contributed by atoms with Crippen molar-refractivity contribution in [3.63, 3.8) is 0 Å². The number of rotatable bonds is 4. The summed E-state index contributed by atoms with van der Waals surface area (Å²) < 4.78 is 5.04. The van der Waals surface area contributed by atoms with E-state index < -0.39 is 11.6 Å². The third-order valence-corrected chi connectivity index (χ3v) is 2.60. The van der Waals surface area contributed by atoms with Crippen molar-refractivity contribution in [3.8, 4) is 5.75 Å². The summed E-state index contributed by atoms with van der Waals surface area (Å²) in [4.78, 5) is 11.7. The number of benzene rings is 1. The van der Waals surface area contributed by atoms with Crippen LogP contribution in [-0.4, -0.2) is 30.4 Å². The van der Waals surface area contributed by atoms with Gasteiger partial charge in [0.25, 0.3) is 0 Å². The predicted octanol–water partition coefficient (Wildman–Crippen LogP) is 2.24. The molecule has 2 amide bonds. The lowest BCUT2D eigenvalue weighted by atomic mass is 10.1. The lowest BCUT2D eigenvalue weighted by Gasteiger charge is -2.23. The topological polar surface area (TPSA) is 70.6 Å². The van der Waals surface area contributed by atoms with Gasteiger partial charge in [0, 0.05) is 6.07 Å². The fraction of sp³-hybridized carbons (Fsp3) is 0.417. The molecule has 5 nitrogen and oxygen atoms in total. The molecule has 1 aromatic carbocycles. The zero-order chi connectivity index (χ0) is 13.8. The molecule has 0 spiro atoms. The molecule has 0 saturated carbocycles. The van der Waals surface area contributed by atoms with Gasteiger partial charge in [0.1, 0.15) is 5.75 Å². The molecule has 0 aliphatic heterocycles. The Labute approximate surface area is 111 Å². The van der Waals surface area contributed by atoms with E-state index in [1.807, 2.05) is 0 Å². The van der Waals surface area contributed by atoms with Crippen LogP contribution in [0.25, 0.3) is 0 Å². The molecule has 0 unspecified atom stereocenters. The van der Waals surface area contributed by atoms with Gasteiger partial charge in [-0.2, -0.15) is 0 Å². The van der Waals surface area contributed by atoms with Crippen molar-refractivity contribution in [1.29, 1.82) is 0 Å². The highest BCUT2D eigenvalue weighted by Gasteiger charge is 2.19. The van der Waals surface area contributed by atoms with Crippen molar-refractivity contribution in [2.24, 2.45) is 0 Å². The maximum atomic E-state index is 11.7. The van der Waals surface area contributed by atoms with Gasteiger partial charge in [0.05, 0.1) is 30.0 Å². The summed E-state index contributed by atoms with van der Waals surface area (Å²) in [6.07, 6.45) is 0. The van der Waals surface area contributed by atoms with Crippen molar-refractivity contribution < 1.29 is 14.6 Å². The van der Waals surface area contributed by atoms with E-state index in [1.165, 1.54) is 7.11 Å². The maximum Gasteiger partial charge on any atom is 0.319 e. The second kappa shape index (κ2) is 5.93. The number of anilines is 1. The van der Waals surface area contributed by atoms with Crippen LogP contribution < -0.4 is 15.4 Å². The van der Waals surface area contributed by atoms with Crippen LogP contribution in [0.1, 0.15) is 13.8 Å². The number of methoxy groups -OCH3 is 1. The van der Waals surface area contributed by atoms with Gasteiger partial charge in [-0.1, -0.05) is 11.6 Å². The fourth-order valence-electron chi connectivity index (χ4n) is 1.23. The molecule has 0 aliphatic carbocycles. The summed E-state index contributed by atoms with van der Waals surface area (Å²) in [5, 5.41) is 14.7. The molecule has 0 heterocycles. The number of amides is 2. The first-order valence-electron chi connectivity index (χ1n) is 5.41. The van der Waals surface area contributed by atoms with Crippen molar-refractivity contribution >= 4 is 23.3 Å². The predicted molar refractivity (Wildman–Crippen MR) is 71.3 cm³/mol. The number of hydrogen-bond acceptors (Lipinski definition) is 3. The summed E-state index contributed by atoms with van der Waals surface area (Å²) in [6.45, 7) is 3.26. The van der Waals surface area contributed by atoms with Gasteiger partial charge in [-0.05, 0) is 26.0 Å². The van der Waals surface area contributed by atoms with E-state index in [0.29, 0.717) is 16.5 Å². The number of halogens is 1. The number of nitrogens with one attached hydrogen (secondary N) is 2. The van der Waals surface area contributed by atoms with Gasteiger partial charge >= 0.3 is 6.03 Å². The number of carbonyl (C=O) groups is 1. The Hall–Kier alpha value is -1.46. The average molecular weight is 273 g/mol. The Morgan fingerprint density at radius 1 is 1.50 bits per heavy atom. The summed E-state index contributed by atoms with van der Waals surface area (Å²) in [5.74, 6) is 0.594. The monoisotopic (exact) mass is 272 g/mol. The fourth-order valence-corrected chi connectivity index (χ4v) is 1.39. The molecule has 0 saturated heterocycles. The second-order valence-electron chi connectivity index (χ2n) is 4.47. The quantitative estimate of drug-likeness (QED) is 0.787. The first-order valence-corrected chi connectivity index (χ1v) is 5.79. The van der Waals surface area contributed by atoms with Crippen LogP contribution in [0.3, 0.4) is 0 Å². The summed E-state index contributed by atoms with van der Waals surface area (Å²) in [5.41, 5.74) is -0.252. The molecule has 0 atom stereocenters. The van der Waals surface area contributed by atoms with Crippen molar-refractivity contribution in [1.82, 2.24) is 5.32 Å². The number of carbonyl (C=O) groups excluding carboxylic acids is 1. The zero-order valence-corrected chi connectivity index (χ0v) is 11.3. The highest BCUT2D eigenvalue weighted by molar-refractivity contribution is 6.33. The summed E-state index contributed by atoms with van der Waals surface area (Å²) in [6, 6.07) is 4.51. The van der Waals surface area contributed by atoms with Gasteiger partial charge in [-0.3, -0.25) is 0 Å². The second-order valence-corrected chi connectivity index (χ2v) is 4.87. The maximum absolute atomic E-state index is 11.7. The van der Waals surface area contributed by atoms with E-state index in [0.717, 1.165) is 0 Å². The minimum atomic E-state index is -0.699. The molecular formula is C12H17ClN2O3. The lowest BCUT2D eigenvalue weighted by Crippen LogP contribution is -2.48. The Kier molecular flexibility index (Phi) is 4.81. The average Bonchev–Trinajstić information content (AvgIpc) is 2.31. The SMILES string of the molecule is COc1ccc(Cl)c(NC(=O)NC(C)(C)CO)c1. The molecule has 1 aromatic rings. The van der Waals surface area contributed by atoms with E-state index in [-0.39, 0.29) is 6.61 Å². The molecule has 0 aliphatic rings. The molecule has 1 rings (SSSR count). The van der Waals surface area contributed by atoms with Crippen LogP contribution in [0.5, 0.6) is 5.75 Å². The first-order chi connectivity index (χ1) is 8.38. The Morgan fingerprint density at radius 2 is 2.17 bits per heavy atom. The van der Waals surface area contributed by atoms with Crippen LogP contribution in [0, 0.1) is 0 Å². The number of ether oxygens (including phenoxy) is 1. The Morgan fingerprint density at radius 3 is 2.72 bits per heavy atom. The number of hydrogen-bond donors (Lipinski definition) is 3. The van der Waals surface area contributed by atoms with E-state index >= 15 is 0 Å². The van der Waals surface area contributed by atoms with E-state index in [9.17, 15) is 4.79 Å². The van der Waals surface area contributed by atoms with Crippen molar-refractivity contribution in [2.45, 2.75) is 19.4 Å². The van der Waals surface area contributed by atoms with Crippen LogP contribution in [0.2, 0.25) is 5.02 Å². The molecular weight excluding hydrogens is 256 g/mol. The Balaban J connectivity index is 2.75. The molecule has 3 N–H and O–H groups in total. The molecule has 0 aromatic heterocycles. The van der Waals surface area contributed by atoms with Crippen LogP contribution in [0.4, 0.5) is 10.5 Å². The van der Waals surface area contributed by atoms with Gasteiger partial charge in [0.15, 0.2) is 0 Å². The Bertz CT molecular complexity index is 435. The van der Waals surface area contributed by atoms with Gasteiger partial charge in [0.2, 0.25) is 0 Å². The van der Waals surface area contributed by atoms with Crippen molar-refractivity contribution in [3.05, 3.63) is 23.2 Å². The van der Waals surface area contributed by atoms with Crippen molar-refractivity contribution in [2.75, 3.05) is 19.0 Å². The molecule has 6 heteroatoms. The smallest absolute Gasteiger partial charge is 0.319 e. The van der Waals surface area contributed by atoms with Gasteiger partial charge < -0.3 is 20.5 Å². The van der Waals surface area contributed by atoms with E-state index in [1.54, 1.807) is 32.0 Å². The zero-order valence-electron chi connectivity index (χ0n) is 10.6. The molecule has 100 valence electrons. The minimum absolute atomic E-state index is 0.160. The standard InChI is InChI=1S/C12H17ClN2O3/c1-12(2,7-16)15-11(17)14-10-6-8(18-3)4-5-9(10)13/h4-6,16H,7H2,1-3H3,(H2,14,15,17). The molecule has 18 heavy (non-hydrogen) atoms. The van der Waals surface area contributed by atoms with E-state index in [4.69, 9.17) is 21.4 Å². The third kappa shape index (κ3) is 4.09. The van der Waals surface area contributed by atoms with Gasteiger partial charge in [-0.25, -0.2) is 4.79 Å². The van der Waals surface area contributed by atoms with Gasteiger partial charge in [-0.15, -0.1) is 0 Å². The minimum Gasteiger partial charge on any atom is -0.497 e. The summed E-state index contributed by atoms with van der Waals surface area (Å²) in [7, 11) is 1.53. The first kappa shape index (κ1) is 14.6. The number of aliphatic hydroxyl groups excluding tert-OH is 1. The third-order valence-electron chi connectivity index (χ3n) is 2.27. The normalized spacial score (nSPS) is 10.9. The van der Waals surface area contributed by atoms with Crippen LogP contribution in [-0.2, 0) is 0 Å².